The number of pyridine rings is 1. The number of hydrogen-bond acceptors (Lipinski definition) is 2. The zero-order valence-corrected chi connectivity index (χ0v) is 16.5. The number of halogens is 2. The molecule has 0 fully saturated rings. The Kier molecular flexibility index (Phi) is 6.89. The van der Waals surface area contributed by atoms with Gasteiger partial charge in [-0.3, -0.25) is 0 Å². The van der Waals surface area contributed by atoms with Crippen molar-refractivity contribution >= 4 is 17.0 Å². The standard InChI is InChI=1S/C25H25F2NO/c1-3-7-19-11-13-21(25(27)24(19)26)23-15-12-20-16-18(10-14-22(20)28-23)9-6-4-5-8-17(2)29/h3,6,9-17,29H,1,4-5,7-8H2,2H3. The van der Waals surface area contributed by atoms with Crippen molar-refractivity contribution in [2.45, 2.75) is 38.7 Å². The zero-order chi connectivity index (χ0) is 20.8. The Hall–Kier alpha value is -2.85. The molecule has 2 aromatic carbocycles. The van der Waals surface area contributed by atoms with Crippen molar-refractivity contribution in [3.05, 3.63) is 84.0 Å². The number of aromatic nitrogens is 1. The minimum Gasteiger partial charge on any atom is -0.393 e. The summed E-state index contributed by atoms with van der Waals surface area (Å²) in [6.07, 6.45) is 8.35. The number of rotatable bonds is 8. The van der Waals surface area contributed by atoms with Gasteiger partial charge < -0.3 is 5.11 Å². The van der Waals surface area contributed by atoms with Crippen LogP contribution >= 0.6 is 0 Å². The summed E-state index contributed by atoms with van der Waals surface area (Å²) in [6, 6.07) is 12.6. The van der Waals surface area contributed by atoms with Crippen LogP contribution in [-0.2, 0) is 6.42 Å². The van der Waals surface area contributed by atoms with Crippen molar-refractivity contribution in [1.82, 2.24) is 4.98 Å². The van der Waals surface area contributed by atoms with E-state index >= 15 is 0 Å². The molecular formula is C25H25F2NO. The summed E-state index contributed by atoms with van der Waals surface area (Å²) >= 11 is 0. The van der Waals surface area contributed by atoms with Crippen LogP contribution in [0.1, 0.15) is 37.3 Å². The Morgan fingerprint density at radius 2 is 1.93 bits per heavy atom. The first-order valence-electron chi connectivity index (χ1n) is 9.83. The molecule has 1 atom stereocenters. The summed E-state index contributed by atoms with van der Waals surface area (Å²) in [5.41, 5.74) is 2.62. The van der Waals surface area contributed by atoms with E-state index in [1.165, 1.54) is 0 Å². The summed E-state index contributed by atoms with van der Waals surface area (Å²) < 4.78 is 28.8. The monoisotopic (exact) mass is 393 g/mol. The Morgan fingerprint density at radius 3 is 2.69 bits per heavy atom. The first kappa shape index (κ1) is 20.9. The summed E-state index contributed by atoms with van der Waals surface area (Å²) in [7, 11) is 0. The van der Waals surface area contributed by atoms with E-state index in [4.69, 9.17) is 0 Å². The van der Waals surface area contributed by atoms with Crippen molar-refractivity contribution in [3.8, 4) is 11.3 Å². The summed E-state index contributed by atoms with van der Waals surface area (Å²) in [4.78, 5) is 4.51. The van der Waals surface area contributed by atoms with Gasteiger partial charge in [-0.2, -0.15) is 0 Å². The minimum absolute atomic E-state index is 0.152. The molecule has 0 amide bonds. The van der Waals surface area contributed by atoms with E-state index < -0.39 is 11.6 Å². The molecule has 0 aliphatic heterocycles. The molecule has 4 heteroatoms. The molecule has 3 rings (SSSR count). The number of nitrogens with zero attached hydrogens (tertiary/aromatic N) is 1. The van der Waals surface area contributed by atoms with Crippen LogP contribution < -0.4 is 0 Å². The number of unbranched alkanes of at least 4 members (excludes halogenated alkanes) is 1. The lowest BCUT2D eigenvalue weighted by molar-refractivity contribution is 0.182. The zero-order valence-electron chi connectivity index (χ0n) is 16.5. The Bertz CT molecular complexity index is 1040. The summed E-state index contributed by atoms with van der Waals surface area (Å²) in [5, 5.41) is 10.2. The van der Waals surface area contributed by atoms with Gasteiger partial charge in [-0.25, -0.2) is 13.8 Å². The third-order valence-corrected chi connectivity index (χ3v) is 4.82. The van der Waals surface area contributed by atoms with E-state index in [2.05, 4.69) is 17.6 Å². The Balaban J connectivity index is 1.82. The number of hydrogen-bond donors (Lipinski definition) is 1. The highest BCUT2D eigenvalue weighted by Crippen LogP contribution is 2.27. The van der Waals surface area contributed by atoms with Gasteiger partial charge in [-0.05, 0) is 68.0 Å². The second-order valence-electron chi connectivity index (χ2n) is 7.22. The van der Waals surface area contributed by atoms with Crippen LogP contribution in [0.15, 0.2) is 61.2 Å². The van der Waals surface area contributed by atoms with Crippen LogP contribution in [0, 0.1) is 11.6 Å². The number of benzene rings is 2. The lowest BCUT2D eigenvalue weighted by atomic mass is 10.0. The second-order valence-corrected chi connectivity index (χ2v) is 7.22. The van der Waals surface area contributed by atoms with Gasteiger partial charge in [0.2, 0.25) is 0 Å². The molecule has 2 nitrogen and oxygen atoms in total. The second kappa shape index (κ2) is 9.57. The van der Waals surface area contributed by atoms with E-state index in [9.17, 15) is 13.9 Å². The van der Waals surface area contributed by atoms with Crippen molar-refractivity contribution < 1.29 is 13.9 Å². The molecule has 0 saturated heterocycles. The normalized spacial score (nSPS) is 12.6. The fraction of sp³-hybridized carbons (Fsp3) is 0.240. The van der Waals surface area contributed by atoms with Gasteiger partial charge in [-0.1, -0.05) is 36.4 Å². The molecule has 0 aliphatic carbocycles. The lowest BCUT2D eigenvalue weighted by Crippen LogP contribution is -1.97. The van der Waals surface area contributed by atoms with E-state index in [0.29, 0.717) is 5.69 Å². The van der Waals surface area contributed by atoms with Crippen molar-refractivity contribution in [1.29, 1.82) is 0 Å². The van der Waals surface area contributed by atoms with Gasteiger partial charge in [-0.15, -0.1) is 6.58 Å². The number of allylic oxidation sites excluding steroid dienone is 2. The van der Waals surface area contributed by atoms with Crippen LogP contribution in [0.5, 0.6) is 0 Å². The predicted octanol–water partition coefficient (Wildman–Crippen LogP) is 6.47. The Morgan fingerprint density at radius 1 is 1.10 bits per heavy atom. The van der Waals surface area contributed by atoms with Crippen LogP contribution in [0.2, 0.25) is 0 Å². The maximum atomic E-state index is 14.5. The van der Waals surface area contributed by atoms with Crippen molar-refractivity contribution in [2.75, 3.05) is 0 Å². The van der Waals surface area contributed by atoms with Crippen molar-refractivity contribution in [2.24, 2.45) is 0 Å². The molecule has 0 bridgehead atoms. The van der Waals surface area contributed by atoms with Gasteiger partial charge in [0.1, 0.15) is 0 Å². The fourth-order valence-corrected chi connectivity index (χ4v) is 3.25. The van der Waals surface area contributed by atoms with E-state index in [1.807, 2.05) is 30.3 Å². The first-order valence-corrected chi connectivity index (χ1v) is 9.83. The maximum Gasteiger partial charge on any atom is 0.168 e. The molecule has 150 valence electrons. The highest BCUT2D eigenvalue weighted by Gasteiger charge is 2.15. The molecule has 3 aromatic rings. The highest BCUT2D eigenvalue weighted by atomic mass is 19.2. The van der Waals surface area contributed by atoms with Gasteiger partial charge in [0.25, 0.3) is 0 Å². The molecule has 0 saturated carbocycles. The number of fused-ring (bicyclic) bond motifs is 1. The molecule has 29 heavy (non-hydrogen) atoms. The summed E-state index contributed by atoms with van der Waals surface area (Å²) in [6.45, 7) is 5.36. The molecular weight excluding hydrogens is 368 g/mol. The molecule has 1 unspecified atom stereocenters. The number of aliphatic hydroxyl groups is 1. The van der Waals surface area contributed by atoms with Crippen LogP contribution in [0.3, 0.4) is 0 Å². The molecule has 0 aliphatic rings. The molecule has 1 aromatic heterocycles. The van der Waals surface area contributed by atoms with E-state index in [1.54, 1.807) is 31.2 Å². The van der Waals surface area contributed by atoms with Gasteiger partial charge >= 0.3 is 0 Å². The average molecular weight is 393 g/mol. The third kappa shape index (κ3) is 5.15. The fourth-order valence-electron chi connectivity index (χ4n) is 3.25. The topological polar surface area (TPSA) is 33.1 Å². The maximum absolute atomic E-state index is 14.5. The van der Waals surface area contributed by atoms with Crippen molar-refractivity contribution in [3.63, 3.8) is 0 Å². The molecule has 0 radical (unpaired) electrons. The summed E-state index contributed by atoms with van der Waals surface area (Å²) in [5.74, 6) is -1.73. The van der Waals surface area contributed by atoms with Crippen LogP contribution in [0.4, 0.5) is 8.78 Å². The van der Waals surface area contributed by atoms with Gasteiger partial charge in [0.15, 0.2) is 11.6 Å². The van der Waals surface area contributed by atoms with Gasteiger partial charge in [0.05, 0.1) is 17.3 Å². The Labute approximate surface area is 170 Å². The smallest absolute Gasteiger partial charge is 0.168 e. The van der Waals surface area contributed by atoms with Crippen LogP contribution in [-0.4, -0.2) is 16.2 Å². The third-order valence-electron chi connectivity index (χ3n) is 4.82. The predicted molar refractivity (Wildman–Crippen MR) is 116 cm³/mol. The number of aliphatic hydroxyl groups excluding tert-OH is 1. The first-order chi connectivity index (χ1) is 14.0. The molecule has 0 spiro atoms. The van der Waals surface area contributed by atoms with Gasteiger partial charge in [0, 0.05) is 10.9 Å². The van der Waals surface area contributed by atoms with E-state index in [-0.39, 0.29) is 23.7 Å². The molecule has 1 heterocycles. The molecule has 1 N–H and O–H groups in total. The van der Waals surface area contributed by atoms with Crippen LogP contribution in [0.25, 0.3) is 28.2 Å². The largest absolute Gasteiger partial charge is 0.393 e. The van der Waals surface area contributed by atoms with E-state index in [0.717, 1.165) is 35.7 Å². The average Bonchev–Trinajstić information content (AvgIpc) is 2.71. The SMILES string of the molecule is C=CCc1ccc(-c2ccc3cc(C=CCCCC(C)O)ccc3n2)c(F)c1F. The minimum atomic E-state index is -0.882. The lowest BCUT2D eigenvalue weighted by Gasteiger charge is -2.08. The highest BCUT2D eigenvalue weighted by molar-refractivity contribution is 5.83. The quantitative estimate of drug-likeness (QED) is 0.351.